The molecule has 8 heteroatoms. The lowest BCUT2D eigenvalue weighted by Crippen LogP contribution is -2.18. The van der Waals surface area contributed by atoms with Crippen molar-refractivity contribution >= 4 is 58.2 Å². The van der Waals surface area contributed by atoms with Gasteiger partial charge in [-0.3, -0.25) is 9.59 Å². The second-order valence-corrected chi connectivity index (χ2v) is 6.98. The molecule has 138 valence electrons. The quantitative estimate of drug-likeness (QED) is 0.658. The second kappa shape index (κ2) is 10.3. The Labute approximate surface area is 166 Å². The predicted molar refractivity (Wildman–Crippen MR) is 109 cm³/mol. The van der Waals surface area contributed by atoms with Gasteiger partial charge < -0.3 is 15.4 Å². The Hall–Kier alpha value is -1.89. The van der Waals surface area contributed by atoms with Gasteiger partial charge in [-0.05, 0) is 49.4 Å². The summed E-state index contributed by atoms with van der Waals surface area (Å²) >= 11 is 12.9. The van der Waals surface area contributed by atoms with Crippen molar-refractivity contribution in [3.8, 4) is 5.75 Å². The highest BCUT2D eigenvalue weighted by atomic mass is 35.5. The minimum absolute atomic E-state index is 0.150. The lowest BCUT2D eigenvalue weighted by Gasteiger charge is -2.08. The maximum Gasteiger partial charge on any atom is 0.234 e. The van der Waals surface area contributed by atoms with Crippen LogP contribution in [0.15, 0.2) is 42.5 Å². The maximum absolute atomic E-state index is 11.9. The van der Waals surface area contributed by atoms with E-state index >= 15 is 0 Å². The van der Waals surface area contributed by atoms with Gasteiger partial charge in [0.1, 0.15) is 5.75 Å². The monoisotopic (exact) mass is 412 g/mol. The van der Waals surface area contributed by atoms with Crippen molar-refractivity contribution in [2.75, 3.05) is 28.7 Å². The molecule has 2 aromatic carbocycles. The van der Waals surface area contributed by atoms with Crippen LogP contribution in [0.1, 0.15) is 6.92 Å². The van der Waals surface area contributed by atoms with Crippen molar-refractivity contribution in [2.45, 2.75) is 6.92 Å². The summed E-state index contributed by atoms with van der Waals surface area (Å²) in [6, 6.07) is 12.0. The molecule has 2 N–H and O–H groups in total. The molecule has 2 rings (SSSR count). The molecule has 0 saturated carbocycles. The highest BCUT2D eigenvalue weighted by molar-refractivity contribution is 8.00. The Morgan fingerprint density at radius 3 is 2.08 bits per heavy atom. The van der Waals surface area contributed by atoms with E-state index < -0.39 is 0 Å². The third kappa shape index (κ3) is 6.78. The summed E-state index contributed by atoms with van der Waals surface area (Å²) in [4.78, 5) is 23.8. The molecule has 0 bridgehead atoms. The zero-order chi connectivity index (χ0) is 18.9. The Morgan fingerprint density at radius 2 is 1.50 bits per heavy atom. The lowest BCUT2D eigenvalue weighted by molar-refractivity contribution is -0.114. The molecule has 0 aliphatic heterocycles. The van der Waals surface area contributed by atoms with Crippen molar-refractivity contribution in [2.24, 2.45) is 0 Å². The molecule has 0 atom stereocenters. The second-order valence-electron chi connectivity index (χ2n) is 5.18. The normalized spacial score (nSPS) is 10.3. The number of thioether (sulfide) groups is 1. The summed E-state index contributed by atoms with van der Waals surface area (Å²) in [5.74, 6) is 0.668. The minimum Gasteiger partial charge on any atom is -0.494 e. The summed E-state index contributed by atoms with van der Waals surface area (Å²) in [6.45, 7) is 2.50. The third-order valence-corrected chi connectivity index (χ3v) is 4.79. The highest BCUT2D eigenvalue weighted by Crippen LogP contribution is 2.25. The number of carbonyl (C=O) groups excluding carboxylic acids is 2. The molecular formula is C18H18Cl2N2O3S. The van der Waals surface area contributed by atoms with Gasteiger partial charge in [0.15, 0.2) is 0 Å². The van der Waals surface area contributed by atoms with Crippen LogP contribution in [0.2, 0.25) is 10.0 Å². The average Bonchev–Trinajstić information content (AvgIpc) is 2.60. The number of halogens is 2. The van der Waals surface area contributed by atoms with Crippen molar-refractivity contribution in [1.82, 2.24) is 0 Å². The largest absolute Gasteiger partial charge is 0.494 e. The van der Waals surface area contributed by atoms with E-state index in [0.717, 1.165) is 5.75 Å². The number of carbonyl (C=O) groups is 2. The van der Waals surface area contributed by atoms with Crippen LogP contribution in [0.4, 0.5) is 11.4 Å². The van der Waals surface area contributed by atoms with Crippen LogP contribution in [0.5, 0.6) is 5.75 Å². The zero-order valence-electron chi connectivity index (χ0n) is 14.1. The summed E-state index contributed by atoms with van der Waals surface area (Å²) in [5, 5.41) is 6.26. The summed E-state index contributed by atoms with van der Waals surface area (Å²) in [7, 11) is 0. The van der Waals surface area contributed by atoms with Crippen LogP contribution < -0.4 is 15.4 Å². The number of nitrogens with one attached hydrogen (secondary N) is 2. The van der Waals surface area contributed by atoms with Crippen LogP contribution >= 0.6 is 35.0 Å². The first-order chi connectivity index (χ1) is 12.5. The van der Waals surface area contributed by atoms with E-state index in [1.54, 1.807) is 42.5 Å². The average molecular weight is 413 g/mol. The number of benzene rings is 2. The number of rotatable bonds is 8. The number of hydrogen-bond donors (Lipinski definition) is 2. The first-order valence-corrected chi connectivity index (χ1v) is 9.74. The smallest absolute Gasteiger partial charge is 0.234 e. The first-order valence-electron chi connectivity index (χ1n) is 7.83. The van der Waals surface area contributed by atoms with E-state index in [0.29, 0.717) is 28.0 Å². The Morgan fingerprint density at radius 1 is 0.923 bits per heavy atom. The van der Waals surface area contributed by atoms with E-state index in [4.69, 9.17) is 27.9 Å². The molecular weight excluding hydrogens is 395 g/mol. The minimum atomic E-state index is -0.220. The first kappa shape index (κ1) is 20.4. The van der Waals surface area contributed by atoms with Crippen LogP contribution in [0.25, 0.3) is 0 Å². The van der Waals surface area contributed by atoms with E-state index in [9.17, 15) is 9.59 Å². The van der Waals surface area contributed by atoms with Gasteiger partial charge in [-0.2, -0.15) is 0 Å². The maximum atomic E-state index is 11.9. The lowest BCUT2D eigenvalue weighted by atomic mass is 10.3. The molecule has 26 heavy (non-hydrogen) atoms. The number of hydrogen-bond acceptors (Lipinski definition) is 4. The third-order valence-electron chi connectivity index (χ3n) is 3.12. The van der Waals surface area contributed by atoms with Gasteiger partial charge in [-0.1, -0.05) is 23.2 Å². The van der Waals surface area contributed by atoms with Crippen molar-refractivity contribution in [3.63, 3.8) is 0 Å². The predicted octanol–water partition coefficient (Wildman–Crippen LogP) is 4.70. The molecule has 2 aromatic rings. The fourth-order valence-electron chi connectivity index (χ4n) is 2.01. The summed E-state index contributed by atoms with van der Waals surface area (Å²) in [5.41, 5.74) is 1.24. The number of amides is 2. The Kier molecular flexibility index (Phi) is 8.09. The molecule has 0 spiro atoms. The van der Waals surface area contributed by atoms with Crippen molar-refractivity contribution in [1.29, 1.82) is 0 Å². The number of ether oxygens (including phenoxy) is 1. The molecule has 2 amide bonds. The topological polar surface area (TPSA) is 67.4 Å². The molecule has 0 fully saturated rings. The van der Waals surface area contributed by atoms with Crippen molar-refractivity contribution in [3.05, 3.63) is 52.5 Å². The molecule has 0 aromatic heterocycles. The molecule has 0 saturated heterocycles. The highest BCUT2D eigenvalue weighted by Gasteiger charge is 2.08. The van der Waals surface area contributed by atoms with Gasteiger partial charge in [0, 0.05) is 11.4 Å². The zero-order valence-corrected chi connectivity index (χ0v) is 16.4. The molecule has 0 aliphatic carbocycles. The molecule has 0 unspecified atom stereocenters. The molecule has 0 heterocycles. The molecule has 5 nitrogen and oxygen atoms in total. The van der Waals surface area contributed by atoms with Crippen LogP contribution in [0, 0.1) is 0 Å². The van der Waals surface area contributed by atoms with Crippen LogP contribution in [0.3, 0.4) is 0 Å². The fourth-order valence-corrected chi connectivity index (χ4v) is 2.92. The van der Waals surface area contributed by atoms with E-state index in [1.165, 1.54) is 11.8 Å². The van der Waals surface area contributed by atoms with Crippen LogP contribution in [-0.2, 0) is 9.59 Å². The molecule has 0 radical (unpaired) electrons. The molecule has 0 aliphatic rings. The number of anilines is 2. The van der Waals surface area contributed by atoms with Gasteiger partial charge in [0.2, 0.25) is 11.8 Å². The van der Waals surface area contributed by atoms with Gasteiger partial charge in [-0.25, -0.2) is 0 Å². The SMILES string of the molecule is CCOc1ccc(NC(=O)CSCC(=O)Nc2ccc(Cl)c(Cl)c2)cc1. The van der Waals surface area contributed by atoms with Gasteiger partial charge in [0.25, 0.3) is 0 Å². The Bertz CT molecular complexity index is 770. The van der Waals surface area contributed by atoms with Crippen LogP contribution in [-0.4, -0.2) is 29.9 Å². The van der Waals surface area contributed by atoms with Gasteiger partial charge in [0.05, 0.1) is 28.2 Å². The van der Waals surface area contributed by atoms with E-state index in [1.807, 2.05) is 6.92 Å². The van der Waals surface area contributed by atoms with Crippen molar-refractivity contribution < 1.29 is 14.3 Å². The Balaban J connectivity index is 1.71. The summed E-state index contributed by atoms with van der Waals surface area (Å²) < 4.78 is 5.34. The van der Waals surface area contributed by atoms with Gasteiger partial charge >= 0.3 is 0 Å². The fraction of sp³-hybridized carbons (Fsp3) is 0.222. The van der Waals surface area contributed by atoms with E-state index in [-0.39, 0.29) is 23.3 Å². The summed E-state index contributed by atoms with van der Waals surface area (Å²) in [6.07, 6.45) is 0. The standard InChI is InChI=1S/C18H18Cl2N2O3S/c1-2-25-14-6-3-12(4-7-14)21-17(23)10-26-11-18(24)22-13-5-8-15(19)16(20)9-13/h3-9H,2,10-11H2,1H3,(H,21,23)(H,22,24). The van der Waals surface area contributed by atoms with Gasteiger partial charge in [-0.15, -0.1) is 11.8 Å². The van der Waals surface area contributed by atoms with E-state index in [2.05, 4.69) is 10.6 Å².